The Morgan fingerprint density at radius 2 is 2.00 bits per heavy atom. The van der Waals surface area contributed by atoms with E-state index in [1.165, 1.54) is 7.11 Å². The second-order valence-corrected chi connectivity index (χ2v) is 2.32. The summed E-state index contributed by atoms with van der Waals surface area (Å²) in [6, 6.07) is 0. The molecule has 1 N–H and O–H groups in total. The van der Waals surface area contributed by atoms with Crippen molar-refractivity contribution in [2.75, 3.05) is 21.2 Å². The maximum atomic E-state index is 9.84. The zero-order chi connectivity index (χ0) is 10.1. The van der Waals surface area contributed by atoms with Crippen LogP contribution < -0.4 is 0 Å². The lowest BCUT2D eigenvalue weighted by Crippen LogP contribution is -2.23. The summed E-state index contributed by atoms with van der Waals surface area (Å²) >= 11 is 0. The molecular formula is C8H17NO3. The van der Waals surface area contributed by atoms with Gasteiger partial charge in [-0.2, -0.15) is 0 Å². The van der Waals surface area contributed by atoms with Crippen LogP contribution in [-0.2, 0) is 9.53 Å². The molecule has 0 saturated carbocycles. The highest BCUT2D eigenvalue weighted by molar-refractivity contribution is 5.80. The zero-order valence-corrected chi connectivity index (χ0v) is 8.07. The first-order chi connectivity index (χ1) is 5.45. The number of hydrogen-bond donors (Lipinski definition) is 1. The fourth-order valence-electron chi connectivity index (χ4n) is 0.0833. The molecule has 0 aliphatic heterocycles. The summed E-state index contributed by atoms with van der Waals surface area (Å²) in [5.41, 5.74) is 0. The summed E-state index contributed by atoms with van der Waals surface area (Å²) in [5.74, 6) is -0.394. The minimum atomic E-state index is -0.394. The number of methoxy groups -OCH3 is 1. The van der Waals surface area contributed by atoms with E-state index in [2.05, 4.69) is 11.3 Å². The molecule has 0 fully saturated rings. The molecule has 4 heteroatoms. The van der Waals surface area contributed by atoms with E-state index in [0.29, 0.717) is 0 Å². The zero-order valence-electron chi connectivity index (χ0n) is 8.07. The van der Waals surface area contributed by atoms with Crippen molar-refractivity contribution in [3.05, 3.63) is 12.7 Å². The minimum absolute atomic E-state index is 0.315. The Bertz CT molecular complexity index is 126. The van der Waals surface area contributed by atoms with E-state index in [4.69, 9.17) is 5.11 Å². The second kappa shape index (κ2) is 8.23. The monoisotopic (exact) mass is 175 g/mol. The summed E-state index contributed by atoms with van der Waals surface area (Å²) in [4.78, 5) is 11.6. The number of hydrogen-bond acceptors (Lipinski definition) is 4. The number of aliphatic hydroxyl groups excluding tert-OH is 1. The molecule has 0 radical (unpaired) electrons. The van der Waals surface area contributed by atoms with Crippen molar-refractivity contribution in [2.24, 2.45) is 0 Å². The van der Waals surface area contributed by atoms with Gasteiger partial charge in [-0.05, 0) is 21.0 Å². The molecule has 0 aliphatic rings. The van der Waals surface area contributed by atoms with Gasteiger partial charge in [0, 0.05) is 6.08 Å². The second-order valence-electron chi connectivity index (χ2n) is 2.32. The van der Waals surface area contributed by atoms with Gasteiger partial charge in [-0.15, -0.1) is 0 Å². The van der Waals surface area contributed by atoms with Gasteiger partial charge in [0.05, 0.1) is 7.11 Å². The highest BCUT2D eigenvalue weighted by Crippen LogP contribution is 1.79. The van der Waals surface area contributed by atoms with Crippen LogP contribution >= 0.6 is 0 Å². The molecular weight excluding hydrogens is 158 g/mol. The molecule has 0 heterocycles. The number of nitrogens with zero attached hydrogens (tertiary/aromatic N) is 1. The molecule has 0 spiro atoms. The van der Waals surface area contributed by atoms with E-state index in [1.54, 1.807) is 11.8 Å². The van der Waals surface area contributed by atoms with Crippen molar-refractivity contribution in [3.63, 3.8) is 0 Å². The topological polar surface area (TPSA) is 49.8 Å². The van der Waals surface area contributed by atoms with E-state index in [-0.39, 0.29) is 6.23 Å². The van der Waals surface area contributed by atoms with Crippen LogP contribution in [0.25, 0.3) is 0 Å². The molecule has 4 nitrogen and oxygen atoms in total. The van der Waals surface area contributed by atoms with Gasteiger partial charge in [0.2, 0.25) is 0 Å². The maximum absolute atomic E-state index is 9.84. The fourth-order valence-corrected chi connectivity index (χ4v) is 0.0833. The van der Waals surface area contributed by atoms with Crippen LogP contribution in [0.15, 0.2) is 12.7 Å². The molecule has 0 aromatic carbocycles. The number of rotatable bonds is 2. The predicted octanol–water partition coefficient (Wildman–Crippen LogP) is 0.232. The van der Waals surface area contributed by atoms with Gasteiger partial charge in [0.1, 0.15) is 6.23 Å². The van der Waals surface area contributed by atoms with E-state index in [0.717, 1.165) is 6.08 Å². The molecule has 0 bridgehead atoms. The molecule has 0 rings (SSSR count). The summed E-state index contributed by atoms with van der Waals surface area (Å²) in [6.45, 7) is 4.88. The third kappa shape index (κ3) is 11.9. The molecule has 0 aromatic heterocycles. The van der Waals surface area contributed by atoms with Crippen molar-refractivity contribution >= 4 is 5.97 Å². The van der Waals surface area contributed by atoms with Gasteiger partial charge < -0.3 is 9.84 Å². The van der Waals surface area contributed by atoms with Crippen LogP contribution in [0.1, 0.15) is 6.92 Å². The highest BCUT2D eigenvalue weighted by Gasteiger charge is 1.92. The first-order valence-electron chi connectivity index (χ1n) is 3.50. The summed E-state index contributed by atoms with van der Waals surface area (Å²) < 4.78 is 4.14. The van der Waals surface area contributed by atoms with Crippen LogP contribution in [0.2, 0.25) is 0 Å². The first-order valence-corrected chi connectivity index (χ1v) is 3.50. The Balaban J connectivity index is 0. The highest BCUT2D eigenvalue weighted by atomic mass is 16.5. The molecule has 1 atom stereocenters. The molecule has 0 aromatic rings. The first kappa shape index (κ1) is 13.7. The van der Waals surface area contributed by atoms with Gasteiger partial charge >= 0.3 is 5.97 Å². The van der Waals surface area contributed by atoms with Crippen LogP contribution in [0, 0.1) is 0 Å². The molecule has 0 amide bonds. The normalized spacial score (nSPS) is 11.2. The number of ether oxygens (including phenoxy) is 1. The smallest absolute Gasteiger partial charge is 0.329 e. The lowest BCUT2D eigenvalue weighted by molar-refractivity contribution is -0.134. The largest absolute Gasteiger partial charge is 0.466 e. The third-order valence-electron chi connectivity index (χ3n) is 1.12. The summed E-state index contributed by atoms with van der Waals surface area (Å²) in [6.07, 6.45) is 0.796. The lowest BCUT2D eigenvalue weighted by Gasteiger charge is -2.11. The Kier molecular flexibility index (Phi) is 9.40. The van der Waals surface area contributed by atoms with E-state index >= 15 is 0 Å². The Morgan fingerprint density at radius 1 is 1.67 bits per heavy atom. The average molecular weight is 175 g/mol. The molecule has 1 unspecified atom stereocenters. The van der Waals surface area contributed by atoms with Gasteiger partial charge in [0.25, 0.3) is 0 Å². The van der Waals surface area contributed by atoms with Gasteiger partial charge in [-0.25, -0.2) is 4.79 Å². The Labute approximate surface area is 73.4 Å². The number of carbonyl (C=O) groups excluding carboxylic acids is 1. The molecule has 0 saturated heterocycles. The van der Waals surface area contributed by atoms with E-state index < -0.39 is 5.97 Å². The van der Waals surface area contributed by atoms with Gasteiger partial charge in [-0.1, -0.05) is 6.58 Å². The summed E-state index contributed by atoms with van der Waals surface area (Å²) in [7, 11) is 4.96. The Hall–Kier alpha value is -0.870. The molecule has 72 valence electrons. The maximum Gasteiger partial charge on any atom is 0.329 e. The third-order valence-corrected chi connectivity index (χ3v) is 1.12. The van der Waals surface area contributed by atoms with E-state index in [9.17, 15) is 4.79 Å². The van der Waals surface area contributed by atoms with Crippen molar-refractivity contribution < 1.29 is 14.6 Å². The molecule has 12 heavy (non-hydrogen) atoms. The van der Waals surface area contributed by atoms with Crippen LogP contribution in [0.3, 0.4) is 0 Å². The van der Waals surface area contributed by atoms with Crippen molar-refractivity contribution in [2.45, 2.75) is 13.2 Å². The van der Waals surface area contributed by atoms with Crippen molar-refractivity contribution in [1.82, 2.24) is 4.90 Å². The lowest BCUT2D eigenvalue weighted by atomic mass is 10.6. The Morgan fingerprint density at radius 3 is 2.00 bits per heavy atom. The van der Waals surface area contributed by atoms with E-state index in [1.807, 2.05) is 14.1 Å². The van der Waals surface area contributed by atoms with Crippen LogP contribution in [0.4, 0.5) is 0 Å². The van der Waals surface area contributed by atoms with Crippen LogP contribution in [-0.4, -0.2) is 43.4 Å². The fraction of sp³-hybridized carbons (Fsp3) is 0.625. The van der Waals surface area contributed by atoms with Crippen LogP contribution in [0.5, 0.6) is 0 Å². The number of esters is 1. The van der Waals surface area contributed by atoms with Gasteiger partial charge in [-0.3, -0.25) is 4.90 Å². The molecule has 0 aliphatic carbocycles. The number of carbonyl (C=O) groups is 1. The quantitative estimate of drug-likeness (QED) is 0.371. The summed E-state index contributed by atoms with van der Waals surface area (Å²) in [5, 5.41) is 8.56. The SMILES string of the molecule is C=CC(=O)OC.CC(O)N(C)C. The van der Waals surface area contributed by atoms with Gasteiger partial charge in [0.15, 0.2) is 0 Å². The standard InChI is InChI=1S/C4H11NO.C4H6O2/c1-4(6)5(2)3;1-3-4(5)6-2/h4,6H,1-3H3;3H,1H2,2H3. The van der Waals surface area contributed by atoms with Crippen molar-refractivity contribution in [3.8, 4) is 0 Å². The van der Waals surface area contributed by atoms with Crippen molar-refractivity contribution in [1.29, 1.82) is 0 Å². The number of aliphatic hydroxyl groups is 1. The average Bonchev–Trinajstić information content (AvgIpc) is 2.04. The minimum Gasteiger partial charge on any atom is -0.466 e. The predicted molar refractivity (Wildman–Crippen MR) is 47.6 cm³/mol.